The molecule has 0 spiro atoms. The molecule has 0 saturated heterocycles. The summed E-state index contributed by atoms with van der Waals surface area (Å²) in [5.74, 6) is -2.43. The van der Waals surface area contributed by atoms with Gasteiger partial charge in [-0.1, -0.05) is 152 Å². The van der Waals surface area contributed by atoms with Crippen molar-refractivity contribution >= 4 is 25.7 Å². The smallest absolute Gasteiger partial charge is 0.472 e. The minimum absolute atomic E-state index is 0.154. The number of phosphoric ester groups is 1. The summed E-state index contributed by atoms with van der Waals surface area (Å²) in [7, 11) is -4.72. The molecule has 0 saturated carbocycles. The standard InChI is InChI=1S/C42H74NO10P/c1-3-5-7-9-11-13-15-17-19-21-23-25-27-29-31-33-40(44)50-35-38(36-51-54(48,49)52-37-39(43)42(46)47)53-41(45)34-32-30-28-26-24-22-20-18-16-14-12-10-8-6-4-2/h5,7,11,13,17,19,23,25,38-39H,3-4,6,8-10,12,14-16,18,20-22,24,26-37,43H2,1-2H3,(H,46,47)(H,48,49)/b7-5-,13-11-,19-17-,25-23-/t38-,39+/m1/s1. The van der Waals surface area contributed by atoms with E-state index in [0.717, 1.165) is 57.8 Å². The molecule has 0 bridgehead atoms. The molecule has 1 unspecified atom stereocenters. The Morgan fingerprint density at radius 3 is 1.56 bits per heavy atom. The van der Waals surface area contributed by atoms with Crippen molar-refractivity contribution in [3.63, 3.8) is 0 Å². The lowest BCUT2D eigenvalue weighted by atomic mass is 10.0. The minimum atomic E-state index is -4.72. The summed E-state index contributed by atoms with van der Waals surface area (Å²) in [6.45, 7) is 2.64. The Balaban J connectivity index is 4.45. The van der Waals surface area contributed by atoms with Gasteiger partial charge in [-0.15, -0.1) is 0 Å². The zero-order valence-electron chi connectivity index (χ0n) is 33.6. The maximum Gasteiger partial charge on any atom is 0.472 e. The van der Waals surface area contributed by atoms with E-state index >= 15 is 0 Å². The number of carbonyl (C=O) groups excluding carboxylic acids is 2. The second-order valence-electron chi connectivity index (χ2n) is 13.7. The van der Waals surface area contributed by atoms with E-state index in [-0.39, 0.29) is 19.4 Å². The van der Waals surface area contributed by atoms with Crippen molar-refractivity contribution in [2.45, 2.75) is 180 Å². The van der Waals surface area contributed by atoms with Crippen molar-refractivity contribution in [2.24, 2.45) is 5.73 Å². The highest BCUT2D eigenvalue weighted by molar-refractivity contribution is 7.47. The maximum absolute atomic E-state index is 12.6. The molecule has 0 rings (SSSR count). The van der Waals surface area contributed by atoms with E-state index in [1.807, 2.05) is 0 Å². The molecule has 0 aromatic carbocycles. The Morgan fingerprint density at radius 1 is 0.593 bits per heavy atom. The van der Waals surface area contributed by atoms with Gasteiger partial charge < -0.3 is 25.2 Å². The summed E-state index contributed by atoms with van der Waals surface area (Å²) in [5.41, 5.74) is 5.32. The van der Waals surface area contributed by atoms with E-state index in [1.54, 1.807) is 0 Å². The molecule has 0 aromatic heterocycles. The Morgan fingerprint density at radius 2 is 1.04 bits per heavy atom. The van der Waals surface area contributed by atoms with E-state index in [9.17, 15) is 23.8 Å². The normalized spacial score (nSPS) is 14.3. The van der Waals surface area contributed by atoms with Crippen molar-refractivity contribution < 1.29 is 47.5 Å². The molecule has 0 aliphatic carbocycles. The number of rotatable bonds is 38. The largest absolute Gasteiger partial charge is 0.480 e. The van der Waals surface area contributed by atoms with E-state index in [2.05, 4.69) is 67.0 Å². The molecule has 54 heavy (non-hydrogen) atoms. The van der Waals surface area contributed by atoms with Gasteiger partial charge in [0, 0.05) is 12.8 Å². The van der Waals surface area contributed by atoms with Gasteiger partial charge in [0.15, 0.2) is 6.10 Å². The monoisotopic (exact) mass is 784 g/mol. The summed E-state index contributed by atoms with van der Waals surface area (Å²) >= 11 is 0. The van der Waals surface area contributed by atoms with Gasteiger partial charge in [0.25, 0.3) is 0 Å². The van der Waals surface area contributed by atoms with Crippen LogP contribution >= 0.6 is 7.82 Å². The number of carboxylic acids is 1. The van der Waals surface area contributed by atoms with E-state index in [4.69, 9.17) is 24.8 Å². The highest BCUT2D eigenvalue weighted by Crippen LogP contribution is 2.43. The van der Waals surface area contributed by atoms with Gasteiger partial charge >= 0.3 is 25.7 Å². The first-order valence-corrected chi connectivity index (χ1v) is 22.2. The molecule has 312 valence electrons. The lowest BCUT2D eigenvalue weighted by Gasteiger charge is -2.20. The topological polar surface area (TPSA) is 172 Å². The molecule has 0 radical (unpaired) electrons. The second-order valence-corrected chi connectivity index (χ2v) is 15.2. The van der Waals surface area contributed by atoms with Crippen molar-refractivity contribution in [2.75, 3.05) is 19.8 Å². The lowest BCUT2D eigenvalue weighted by molar-refractivity contribution is -0.161. The molecule has 0 aliphatic heterocycles. The van der Waals surface area contributed by atoms with Crippen LogP contribution < -0.4 is 5.73 Å². The fraction of sp³-hybridized carbons (Fsp3) is 0.738. The number of nitrogens with two attached hydrogens (primary N) is 1. The van der Waals surface area contributed by atoms with Crippen molar-refractivity contribution in [3.05, 3.63) is 48.6 Å². The first-order valence-electron chi connectivity index (χ1n) is 20.7. The zero-order chi connectivity index (χ0) is 40.0. The van der Waals surface area contributed by atoms with E-state index in [1.165, 1.54) is 70.6 Å². The van der Waals surface area contributed by atoms with E-state index in [0.29, 0.717) is 12.8 Å². The number of hydrogen-bond donors (Lipinski definition) is 3. The number of phosphoric acid groups is 1. The van der Waals surface area contributed by atoms with Crippen LogP contribution in [0.15, 0.2) is 48.6 Å². The van der Waals surface area contributed by atoms with Gasteiger partial charge in [-0.25, -0.2) is 4.57 Å². The number of ether oxygens (including phenoxy) is 2. The predicted molar refractivity (Wildman–Crippen MR) is 217 cm³/mol. The van der Waals surface area contributed by atoms with Gasteiger partial charge in [0.2, 0.25) is 0 Å². The highest BCUT2D eigenvalue weighted by Gasteiger charge is 2.28. The van der Waals surface area contributed by atoms with Crippen LogP contribution in [0.2, 0.25) is 0 Å². The third kappa shape index (κ3) is 36.4. The van der Waals surface area contributed by atoms with Crippen molar-refractivity contribution in [1.29, 1.82) is 0 Å². The van der Waals surface area contributed by atoms with Gasteiger partial charge in [-0.05, 0) is 51.4 Å². The first kappa shape index (κ1) is 51.4. The van der Waals surface area contributed by atoms with Gasteiger partial charge in [0.1, 0.15) is 12.6 Å². The molecular formula is C42H74NO10P. The molecule has 3 atom stereocenters. The average molecular weight is 784 g/mol. The molecule has 4 N–H and O–H groups in total. The van der Waals surface area contributed by atoms with Crippen LogP contribution in [0.25, 0.3) is 0 Å². The molecular weight excluding hydrogens is 709 g/mol. The molecule has 0 heterocycles. The highest BCUT2D eigenvalue weighted by atomic mass is 31.2. The molecule has 0 amide bonds. The molecule has 0 aromatic rings. The molecule has 0 fully saturated rings. The third-order valence-corrected chi connectivity index (χ3v) is 9.54. The van der Waals surface area contributed by atoms with Crippen LogP contribution in [0, 0.1) is 0 Å². The Labute approximate surface area is 326 Å². The first-order chi connectivity index (χ1) is 26.1. The fourth-order valence-electron chi connectivity index (χ4n) is 5.35. The Bertz CT molecular complexity index is 1110. The summed E-state index contributed by atoms with van der Waals surface area (Å²) in [6, 6.07) is -1.53. The summed E-state index contributed by atoms with van der Waals surface area (Å²) in [5, 5.41) is 8.87. The summed E-state index contributed by atoms with van der Waals surface area (Å²) in [6.07, 6.45) is 40.4. The maximum atomic E-state index is 12.6. The second kappa shape index (κ2) is 37.4. The van der Waals surface area contributed by atoms with Gasteiger partial charge in [0.05, 0.1) is 13.2 Å². The third-order valence-electron chi connectivity index (χ3n) is 8.59. The van der Waals surface area contributed by atoms with Crippen LogP contribution in [0.1, 0.15) is 168 Å². The number of aliphatic carboxylic acids is 1. The summed E-state index contributed by atoms with van der Waals surface area (Å²) < 4.78 is 32.6. The Hall–Kier alpha value is -2.56. The predicted octanol–water partition coefficient (Wildman–Crippen LogP) is 10.6. The number of carboxylic acid groups (broad SMARTS) is 1. The average Bonchev–Trinajstić information content (AvgIpc) is 3.14. The lowest BCUT2D eigenvalue weighted by Crippen LogP contribution is -2.34. The van der Waals surface area contributed by atoms with Crippen LogP contribution in [0.4, 0.5) is 0 Å². The zero-order valence-corrected chi connectivity index (χ0v) is 34.4. The summed E-state index contributed by atoms with van der Waals surface area (Å²) in [4.78, 5) is 45.9. The minimum Gasteiger partial charge on any atom is -0.480 e. The number of allylic oxidation sites excluding steroid dienone is 8. The Kier molecular flexibility index (Phi) is 35.6. The molecule has 0 aliphatic rings. The number of esters is 2. The van der Waals surface area contributed by atoms with Crippen molar-refractivity contribution in [1.82, 2.24) is 0 Å². The van der Waals surface area contributed by atoms with Crippen LogP contribution in [0.3, 0.4) is 0 Å². The number of unbranched alkanes of at least 4 members (excludes halogenated alkanes) is 16. The van der Waals surface area contributed by atoms with Crippen LogP contribution in [0.5, 0.6) is 0 Å². The SMILES string of the molecule is CC/C=C\C/C=C\C/C=C\C/C=C\CCCCC(=O)OC[C@H](COP(=O)(O)OC[C@H](N)C(=O)O)OC(=O)CCCCCCCCCCCCCCCCC. The molecule has 12 heteroatoms. The number of carbonyl (C=O) groups is 3. The fourth-order valence-corrected chi connectivity index (χ4v) is 6.13. The quantitative estimate of drug-likeness (QED) is 0.0235. The van der Waals surface area contributed by atoms with Crippen LogP contribution in [-0.2, 0) is 37.5 Å². The van der Waals surface area contributed by atoms with Crippen molar-refractivity contribution in [3.8, 4) is 0 Å². The van der Waals surface area contributed by atoms with E-state index < -0.39 is 51.1 Å². The van der Waals surface area contributed by atoms with Gasteiger partial charge in [-0.3, -0.25) is 23.4 Å². The van der Waals surface area contributed by atoms with Crippen LogP contribution in [-0.4, -0.2) is 59.9 Å². The van der Waals surface area contributed by atoms with Gasteiger partial charge in [-0.2, -0.15) is 0 Å². The molecule has 11 nitrogen and oxygen atoms in total. The number of hydrogen-bond acceptors (Lipinski definition) is 9.